The van der Waals surface area contributed by atoms with Crippen LogP contribution in [0.5, 0.6) is 34.5 Å². The van der Waals surface area contributed by atoms with Crippen molar-refractivity contribution in [2.45, 2.75) is 13.5 Å². The Labute approximate surface area is 278 Å². The Morgan fingerprint density at radius 2 is 1.15 bits per heavy atom. The summed E-state index contributed by atoms with van der Waals surface area (Å²) in [5.41, 5.74) is 2.19. The SMILES string of the molecule is CCOc1cc(C=C2C(=O)N(c3ccc(OC)cc3)C(=S)N(c3ccc(OC)cc3)C2=O)ccc1OCc1cc(OC)ccc1OC. The maximum atomic E-state index is 14.0. The van der Waals surface area contributed by atoms with E-state index in [0.29, 0.717) is 58.0 Å². The molecule has 0 atom stereocenters. The second-order valence-electron chi connectivity index (χ2n) is 10.1. The fraction of sp³-hybridized carbons (Fsp3) is 0.194. The highest BCUT2D eigenvalue weighted by molar-refractivity contribution is 7.81. The van der Waals surface area contributed by atoms with Gasteiger partial charge in [0.2, 0.25) is 0 Å². The highest BCUT2D eigenvalue weighted by Gasteiger charge is 2.41. The van der Waals surface area contributed by atoms with E-state index in [1.165, 1.54) is 15.9 Å². The van der Waals surface area contributed by atoms with Crippen molar-refractivity contribution in [3.8, 4) is 34.5 Å². The normalized spacial score (nSPS) is 13.0. The number of thiocarbonyl (C=S) groups is 1. The molecule has 0 radical (unpaired) electrons. The Hall–Kier alpha value is -5.55. The first-order chi connectivity index (χ1) is 22.8. The number of rotatable bonds is 12. The molecule has 0 saturated carbocycles. The Balaban J connectivity index is 1.52. The monoisotopic (exact) mass is 654 g/mol. The number of anilines is 2. The van der Waals surface area contributed by atoms with Crippen LogP contribution in [0.4, 0.5) is 11.4 Å². The number of carbonyl (C=O) groups is 2. The molecule has 1 fully saturated rings. The number of ether oxygens (including phenoxy) is 6. The van der Waals surface area contributed by atoms with Crippen LogP contribution in [0.15, 0.2) is 90.5 Å². The van der Waals surface area contributed by atoms with E-state index in [-0.39, 0.29) is 17.3 Å². The van der Waals surface area contributed by atoms with Crippen molar-refractivity contribution in [1.29, 1.82) is 0 Å². The number of hydrogen-bond acceptors (Lipinski definition) is 9. The third-order valence-electron chi connectivity index (χ3n) is 7.36. The summed E-state index contributed by atoms with van der Waals surface area (Å²) in [5, 5.41) is 0.0132. The summed E-state index contributed by atoms with van der Waals surface area (Å²) in [6.45, 7) is 2.40. The van der Waals surface area contributed by atoms with E-state index < -0.39 is 11.8 Å². The fourth-order valence-corrected chi connectivity index (χ4v) is 5.34. The van der Waals surface area contributed by atoms with Gasteiger partial charge in [-0.1, -0.05) is 6.07 Å². The standard InChI is InChI=1S/C36H34N2O8S/c1-6-45-33-20-23(7-17-32(33)46-22-24-21-29(43-4)16-18-31(24)44-5)19-30-34(39)37(25-8-12-27(41-2)13-9-25)36(47)38(35(30)40)26-10-14-28(42-3)15-11-26/h7-21H,6,22H2,1-5H3. The summed E-state index contributed by atoms with van der Waals surface area (Å²) in [6, 6.07) is 24.4. The molecule has 5 rings (SSSR count). The summed E-state index contributed by atoms with van der Waals surface area (Å²) >= 11 is 5.75. The minimum Gasteiger partial charge on any atom is -0.497 e. The molecule has 1 aliphatic rings. The predicted octanol–water partition coefficient (Wildman–Crippen LogP) is 6.45. The van der Waals surface area contributed by atoms with Crippen LogP contribution in [0.1, 0.15) is 18.1 Å². The van der Waals surface area contributed by atoms with Gasteiger partial charge in [0.1, 0.15) is 35.2 Å². The maximum absolute atomic E-state index is 14.0. The second-order valence-corrected chi connectivity index (χ2v) is 10.5. The van der Waals surface area contributed by atoms with E-state index in [4.69, 9.17) is 40.6 Å². The predicted molar refractivity (Wildman–Crippen MR) is 183 cm³/mol. The van der Waals surface area contributed by atoms with Crippen molar-refractivity contribution in [3.05, 3.63) is 102 Å². The topological polar surface area (TPSA) is 96.0 Å². The average molecular weight is 655 g/mol. The van der Waals surface area contributed by atoms with E-state index in [9.17, 15) is 9.59 Å². The zero-order chi connectivity index (χ0) is 33.5. The summed E-state index contributed by atoms with van der Waals surface area (Å²) in [6.07, 6.45) is 1.52. The van der Waals surface area contributed by atoms with Gasteiger partial charge in [0, 0.05) is 5.56 Å². The average Bonchev–Trinajstić information content (AvgIpc) is 3.10. The Morgan fingerprint density at radius 3 is 1.66 bits per heavy atom. The van der Waals surface area contributed by atoms with Crippen LogP contribution < -0.4 is 38.2 Å². The molecular weight excluding hydrogens is 620 g/mol. The lowest BCUT2D eigenvalue weighted by atomic mass is 10.0. The third kappa shape index (κ3) is 7.00. The number of carbonyl (C=O) groups excluding carboxylic acids is 2. The lowest BCUT2D eigenvalue weighted by Gasteiger charge is -2.36. The van der Waals surface area contributed by atoms with Crippen LogP contribution in [-0.2, 0) is 16.2 Å². The number of nitrogens with zero attached hydrogens (tertiary/aromatic N) is 2. The van der Waals surface area contributed by atoms with Gasteiger partial charge in [-0.2, -0.15) is 0 Å². The summed E-state index contributed by atoms with van der Waals surface area (Å²) in [4.78, 5) is 30.7. The molecule has 0 aromatic heterocycles. The fourth-order valence-electron chi connectivity index (χ4n) is 4.97. The maximum Gasteiger partial charge on any atom is 0.270 e. The van der Waals surface area contributed by atoms with E-state index in [2.05, 4.69) is 0 Å². The van der Waals surface area contributed by atoms with Gasteiger partial charge >= 0.3 is 0 Å². The highest BCUT2D eigenvalue weighted by atomic mass is 32.1. The van der Waals surface area contributed by atoms with Crippen molar-refractivity contribution in [3.63, 3.8) is 0 Å². The number of hydrogen-bond donors (Lipinski definition) is 0. The van der Waals surface area contributed by atoms with Crippen LogP contribution in [-0.4, -0.2) is 52.0 Å². The van der Waals surface area contributed by atoms with E-state index in [1.807, 2.05) is 25.1 Å². The molecule has 4 aromatic rings. The highest BCUT2D eigenvalue weighted by Crippen LogP contribution is 2.35. The molecular formula is C36H34N2O8S. The van der Waals surface area contributed by atoms with Gasteiger partial charge in [0.15, 0.2) is 16.6 Å². The van der Waals surface area contributed by atoms with Gasteiger partial charge in [-0.15, -0.1) is 0 Å². The van der Waals surface area contributed by atoms with Gasteiger partial charge in [0.25, 0.3) is 11.8 Å². The van der Waals surface area contributed by atoms with Crippen LogP contribution >= 0.6 is 12.2 Å². The molecule has 0 spiro atoms. The second kappa shape index (κ2) is 14.7. The van der Waals surface area contributed by atoms with Crippen molar-refractivity contribution < 1.29 is 38.0 Å². The first-order valence-corrected chi connectivity index (χ1v) is 15.1. The molecule has 242 valence electrons. The van der Waals surface area contributed by atoms with Crippen LogP contribution in [0.25, 0.3) is 6.08 Å². The quantitative estimate of drug-likeness (QED) is 0.0971. The minimum atomic E-state index is -0.571. The van der Waals surface area contributed by atoms with E-state index in [1.54, 1.807) is 95.2 Å². The van der Waals surface area contributed by atoms with Gasteiger partial charge < -0.3 is 28.4 Å². The molecule has 0 unspecified atom stereocenters. The molecule has 0 N–H and O–H groups in total. The zero-order valence-electron chi connectivity index (χ0n) is 26.6. The van der Waals surface area contributed by atoms with Crippen molar-refractivity contribution in [2.75, 3.05) is 44.8 Å². The summed E-state index contributed by atoms with van der Waals surface area (Å²) in [5.74, 6) is 2.31. The largest absolute Gasteiger partial charge is 0.497 e. The third-order valence-corrected chi connectivity index (χ3v) is 7.73. The van der Waals surface area contributed by atoms with Gasteiger partial charge in [-0.3, -0.25) is 19.4 Å². The molecule has 2 amide bonds. The molecule has 47 heavy (non-hydrogen) atoms. The summed E-state index contributed by atoms with van der Waals surface area (Å²) in [7, 11) is 6.29. The van der Waals surface area contributed by atoms with Crippen molar-refractivity contribution in [2.24, 2.45) is 0 Å². The van der Waals surface area contributed by atoms with E-state index in [0.717, 1.165) is 5.56 Å². The molecule has 0 bridgehead atoms. The molecule has 1 heterocycles. The molecule has 10 nitrogen and oxygen atoms in total. The summed E-state index contributed by atoms with van der Waals surface area (Å²) < 4.78 is 33.4. The molecule has 0 aliphatic carbocycles. The Bertz CT molecular complexity index is 1730. The zero-order valence-corrected chi connectivity index (χ0v) is 27.5. The van der Waals surface area contributed by atoms with Gasteiger partial charge in [-0.25, -0.2) is 0 Å². The number of benzene rings is 4. The number of amides is 2. The Morgan fingerprint density at radius 1 is 0.617 bits per heavy atom. The number of methoxy groups -OCH3 is 4. The lowest BCUT2D eigenvalue weighted by molar-refractivity contribution is -0.120. The van der Waals surface area contributed by atoms with Crippen LogP contribution in [0.3, 0.4) is 0 Å². The van der Waals surface area contributed by atoms with Gasteiger partial charge in [-0.05, 0) is 110 Å². The van der Waals surface area contributed by atoms with Crippen LogP contribution in [0.2, 0.25) is 0 Å². The van der Waals surface area contributed by atoms with Crippen LogP contribution in [0, 0.1) is 0 Å². The van der Waals surface area contributed by atoms with Crippen molar-refractivity contribution in [1.82, 2.24) is 0 Å². The minimum absolute atomic E-state index is 0.0132. The first-order valence-electron chi connectivity index (χ1n) is 14.6. The van der Waals surface area contributed by atoms with Gasteiger partial charge in [0.05, 0.1) is 46.4 Å². The molecule has 11 heteroatoms. The molecule has 4 aromatic carbocycles. The first kappa shape index (κ1) is 32.8. The van der Waals surface area contributed by atoms with Crippen molar-refractivity contribution >= 4 is 46.6 Å². The molecule has 1 saturated heterocycles. The Kier molecular flexibility index (Phi) is 10.3. The smallest absolute Gasteiger partial charge is 0.270 e. The molecule has 1 aliphatic heterocycles. The lowest BCUT2D eigenvalue weighted by Crippen LogP contribution is -2.56. The van der Waals surface area contributed by atoms with E-state index >= 15 is 0 Å².